The quantitative estimate of drug-likeness (QED) is 0.449. The summed E-state index contributed by atoms with van der Waals surface area (Å²) in [6, 6.07) is 13.0. The van der Waals surface area contributed by atoms with Gasteiger partial charge in [-0.2, -0.15) is 0 Å². The van der Waals surface area contributed by atoms with Crippen molar-refractivity contribution >= 4 is 44.2 Å². The third-order valence-corrected chi connectivity index (χ3v) is 7.99. The summed E-state index contributed by atoms with van der Waals surface area (Å²) in [6.07, 6.45) is 5.61. The highest BCUT2D eigenvalue weighted by atomic mass is 32.2. The fourth-order valence-electron chi connectivity index (χ4n) is 4.51. The standard InChI is InChI=1S/C27H31N3O6S/c1-2-36-27(33)20-11-13-21(14-12-20)28-25(31)19-37(34,35)24-17-30(23-10-6-5-9-22(23)24)18-26(32)29-15-7-3-4-8-16-29/h5-6,9-14,17H,2-4,7-8,15-16,18-19H2,1H3,(H,28,31). The molecule has 2 amide bonds. The molecular formula is C27H31N3O6S. The number of hydrogen-bond donors (Lipinski definition) is 1. The number of sulfone groups is 1. The molecule has 0 radical (unpaired) electrons. The minimum absolute atomic E-state index is 0.0135. The minimum Gasteiger partial charge on any atom is -0.462 e. The van der Waals surface area contributed by atoms with E-state index >= 15 is 0 Å². The van der Waals surface area contributed by atoms with Crippen LogP contribution in [0.15, 0.2) is 59.6 Å². The van der Waals surface area contributed by atoms with E-state index in [4.69, 9.17) is 4.74 Å². The van der Waals surface area contributed by atoms with Gasteiger partial charge in [0.25, 0.3) is 0 Å². The van der Waals surface area contributed by atoms with E-state index in [1.807, 2.05) is 4.90 Å². The van der Waals surface area contributed by atoms with Gasteiger partial charge in [-0.1, -0.05) is 31.0 Å². The second kappa shape index (κ2) is 11.6. The molecule has 0 unspecified atom stereocenters. The Balaban J connectivity index is 1.50. The number of aromatic nitrogens is 1. The third kappa shape index (κ3) is 6.37. The summed E-state index contributed by atoms with van der Waals surface area (Å²) in [5, 5.41) is 3.03. The van der Waals surface area contributed by atoms with Crippen molar-refractivity contribution in [3.8, 4) is 0 Å². The number of rotatable bonds is 8. The lowest BCUT2D eigenvalue weighted by Crippen LogP contribution is -2.34. The maximum atomic E-state index is 13.3. The first-order valence-corrected chi connectivity index (χ1v) is 14.1. The van der Waals surface area contributed by atoms with Crippen molar-refractivity contribution in [1.29, 1.82) is 0 Å². The van der Waals surface area contributed by atoms with Crippen LogP contribution in [0.1, 0.15) is 43.0 Å². The molecular weight excluding hydrogens is 494 g/mol. The molecule has 9 nitrogen and oxygen atoms in total. The van der Waals surface area contributed by atoms with Crippen LogP contribution in [0.3, 0.4) is 0 Å². The van der Waals surface area contributed by atoms with Crippen molar-refractivity contribution in [2.45, 2.75) is 44.0 Å². The highest BCUT2D eigenvalue weighted by Gasteiger charge is 2.26. The molecule has 2 aromatic carbocycles. The first-order chi connectivity index (χ1) is 17.8. The van der Waals surface area contributed by atoms with E-state index in [0.717, 1.165) is 25.7 Å². The van der Waals surface area contributed by atoms with Gasteiger partial charge in [0.15, 0.2) is 9.84 Å². The van der Waals surface area contributed by atoms with Gasteiger partial charge in [0.05, 0.1) is 17.1 Å². The van der Waals surface area contributed by atoms with Crippen molar-refractivity contribution in [3.63, 3.8) is 0 Å². The molecule has 0 atom stereocenters. The molecule has 37 heavy (non-hydrogen) atoms. The van der Waals surface area contributed by atoms with E-state index in [2.05, 4.69) is 5.32 Å². The van der Waals surface area contributed by atoms with Crippen LogP contribution in [0, 0.1) is 0 Å². The molecule has 3 aromatic rings. The number of esters is 1. The molecule has 0 spiro atoms. The van der Waals surface area contributed by atoms with Crippen molar-refractivity contribution < 1.29 is 27.5 Å². The van der Waals surface area contributed by atoms with E-state index in [-0.39, 0.29) is 24.0 Å². The van der Waals surface area contributed by atoms with Gasteiger partial charge in [0.1, 0.15) is 12.3 Å². The number of carbonyl (C=O) groups is 3. The van der Waals surface area contributed by atoms with Crippen LogP contribution in [-0.4, -0.2) is 61.1 Å². The monoisotopic (exact) mass is 525 g/mol. The Kier molecular flexibility index (Phi) is 8.27. The molecule has 0 bridgehead atoms. The van der Waals surface area contributed by atoms with E-state index in [1.165, 1.54) is 30.5 Å². The summed E-state index contributed by atoms with van der Waals surface area (Å²) in [4.78, 5) is 39.2. The second-order valence-corrected chi connectivity index (χ2v) is 11.0. The second-order valence-electron chi connectivity index (χ2n) is 9.04. The Morgan fingerprint density at radius 1 is 0.946 bits per heavy atom. The van der Waals surface area contributed by atoms with Crippen LogP contribution in [0.4, 0.5) is 5.69 Å². The molecule has 0 saturated carbocycles. The fraction of sp³-hybridized carbons (Fsp3) is 0.370. The van der Waals surface area contributed by atoms with E-state index in [1.54, 1.807) is 35.8 Å². The molecule has 1 fully saturated rings. The van der Waals surface area contributed by atoms with Crippen LogP contribution in [0.5, 0.6) is 0 Å². The van der Waals surface area contributed by atoms with Crippen LogP contribution < -0.4 is 5.32 Å². The minimum atomic E-state index is -4.01. The van der Waals surface area contributed by atoms with Gasteiger partial charge in [-0.3, -0.25) is 9.59 Å². The average Bonchev–Trinajstić information content (AvgIpc) is 3.03. The number of likely N-dealkylation sites (tertiary alicyclic amines) is 1. The number of nitrogens with one attached hydrogen (secondary N) is 1. The van der Waals surface area contributed by atoms with Gasteiger partial charge >= 0.3 is 5.97 Å². The van der Waals surface area contributed by atoms with Crippen LogP contribution in [-0.2, 0) is 30.7 Å². The largest absolute Gasteiger partial charge is 0.462 e. The number of amides is 2. The van der Waals surface area contributed by atoms with Crippen molar-refractivity contribution in [3.05, 3.63) is 60.3 Å². The van der Waals surface area contributed by atoms with Crippen LogP contribution >= 0.6 is 0 Å². The van der Waals surface area contributed by atoms with Gasteiger partial charge < -0.3 is 19.5 Å². The van der Waals surface area contributed by atoms with Crippen molar-refractivity contribution in [2.24, 2.45) is 0 Å². The number of carbonyl (C=O) groups excluding carboxylic acids is 3. The predicted octanol–water partition coefficient (Wildman–Crippen LogP) is 3.63. The summed E-state index contributed by atoms with van der Waals surface area (Å²) >= 11 is 0. The molecule has 1 saturated heterocycles. The topological polar surface area (TPSA) is 115 Å². The first kappa shape index (κ1) is 26.4. The molecule has 1 aliphatic heterocycles. The number of para-hydroxylation sites is 1. The van der Waals surface area contributed by atoms with E-state index < -0.39 is 27.5 Å². The van der Waals surface area contributed by atoms with E-state index in [9.17, 15) is 22.8 Å². The Labute approximate surface area is 216 Å². The number of anilines is 1. The maximum Gasteiger partial charge on any atom is 0.338 e. The SMILES string of the molecule is CCOC(=O)c1ccc(NC(=O)CS(=O)(=O)c2cn(CC(=O)N3CCCCCC3)c3ccccc23)cc1. The average molecular weight is 526 g/mol. The van der Waals surface area contributed by atoms with Gasteiger partial charge in [-0.05, 0) is 50.1 Å². The Morgan fingerprint density at radius 3 is 2.30 bits per heavy atom. The van der Waals surface area contributed by atoms with Gasteiger partial charge in [0.2, 0.25) is 11.8 Å². The summed E-state index contributed by atoms with van der Waals surface area (Å²) in [5.74, 6) is -1.99. The lowest BCUT2D eigenvalue weighted by Gasteiger charge is -2.20. The Hall–Kier alpha value is -3.66. The Morgan fingerprint density at radius 2 is 1.62 bits per heavy atom. The van der Waals surface area contributed by atoms with E-state index in [0.29, 0.717) is 35.2 Å². The zero-order valence-corrected chi connectivity index (χ0v) is 21.6. The summed E-state index contributed by atoms with van der Waals surface area (Å²) < 4.78 is 33.1. The van der Waals surface area contributed by atoms with Gasteiger partial charge in [-0.15, -0.1) is 0 Å². The molecule has 2 heterocycles. The lowest BCUT2D eigenvalue weighted by atomic mass is 10.2. The van der Waals surface area contributed by atoms with Crippen molar-refractivity contribution in [2.75, 3.05) is 30.8 Å². The Bertz CT molecular complexity index is 1390. The highest BCUT2D eigenvalue weighted by molar-refractivity contribution is 7.92. The first-order valence-electron chi connectivity index (χ1n) is 12.4. The number of fused-ring (bicyclic) bond motifs is 1. The third-order valence-electron chi connectivity index (χ3n) is 6.35. The van der Waals surface area contributed by atoms with Crippen LogP contribution in [0.2, 0.25) is 0 Å². The molecule has 1 aliphatic rings. The molecule has 10 heteroatoms. The molecule has 0 aliphatic carbocycles. The molecule has 196 valence electrons. The normalized spacial score (nSPS) is 14.2. The summed E-state index contributed by atoms with van der Waals surface area (Å²) in [7, 11) is -4.01. The maximum absolute atomic E-state index is 13.3. The number of nitrogens with zero attached hydrogens (tertiary/aromatic N) is 2. The van der Waals surface area contributed by atoms with Gasteiger partial charge in [0, 0.05) is 35.9 Å². The van der Waals surface area contributed by atoms with Crippen molar-refractivity contribution in [1.82, 2.24) is 9.47 Å². The zero-order chi connectivity index (χ0) is 26.4. The van der Waals surface area contributed by atoms with Crippen LogP contribution in [0.25, 0.3) is 10.9 Å². The van der Waals surface area contributed by atoms with Gasteiger partial charge in [-0.25, -0.2) is 13.2 Å². The zero-order valence-electron chi connectivity index (χ0n) is 20.8. The molecule has 1 N–H and O–H groups in total. The number of ether oxygens (including phenoxy) is 1. The highest BCUT2D eigenvalue weighted by Crippen LogP contribution is 2.27. The summed E-state index contributed by atoms with van der Waals surface area (Å²) in [5.41, 5.74) is 1.31. The fourth-order valence-corrected chi connectivity index (χ4v) is 5.88. The molecule has 1 aromatic heterocycles. The summed E-state index contributed by atoms with van der Waals surface area (Å²) in [6.45, 7) is 3.42. The number of hydrogen-bond acceptors (Lipinski definition) is 6. The predicted molar refractivity (Wildman–Crippen MR) is 140 cm³/mol. The number of benzene rings is 2. The smallest absolute Gasteiger partial charge is 0.338 e. The lowest BCUT2D eigenvalue weighted by molar-refractivity contribution is -0.131. The molecule has 4 rings (SSSR count).